The van der Waals surface area contributed by atoms with Gasteiger partial charge in [-0.15, -0.1) is 0 Å². The summed E-state index contributed by atoms with van der Waals surface area (Å²) >= 11 is 0. The quantitative estimate of drug-likeness (QED) is 0.810. The van der Waals surface area contributed by atoms with Crippen molar-refractivity contribution in [3.8, 4) is 0 Å². The molecule has 3 heteroatoms. The first-order valence-corrected chi connectivity index (χ1v) is 7.62. The molecule has 1 amide bonds. The first-order chi connectivity index (χ1) is 8.61. The molecule has 0 aromatic carbocycles. The molecule has 0 radical (unpaired) electrons. The standard InChI is InChI=1S/C15H28N2O/c1-10-6-7-13(8-11(10)2)17-15(18)14-5-3-4-12(14)9-16/h10-14H,3-9,16H2,1-2H3,(H,17,18). The summed E-state index contributed by atoms with van der Waals surface area (Å²) in [4.78, 5) is 12.3. The van der Waals surface area contributed by atoms with Crippen LogP contribution in [-0.2, 0) is 4.79 Å². The molecule has 0 aromatic heterocycles. The number of rotatable bonds is 3. The number of nitrogens with two attached hydrogens (primary N) is 1. The SMILES string of the molecule is CC1CCC(NC(=O)C2CCCC2CN)CC1C. The summed E-state index contributed by atoms with van der Waals surface area (Å²) < 4.78 is 0. The van der Waals surface area contributed by atoms with Crippen LogP contribution in [-0.4, -0.2) is 18.5 Å². The van der Waals surface area contributed by atoms with Gasteiger partial charge in [-0.25, -0.2) is 0 Å². The predicted octanol–water partition coefficient (Wildman–Crippen LogP) is 2.30. The summed E-state index contributed by atoms with van der Waals surface area (Å²) in [5.41, 5.74) is 5.76. The van der Waals surface area contributed by atoms with Gasteiger partial charge in [0.25, 0.3) is 0 Å². The van der Waals surface area contributed by atoms with Crippen LogP contribution in [0, 0.1) is 23.7 Å². The van der Waals surface area contributed by atoms with Gasteiger partial charge in [0.05, 0.1) is 0 Å². The fourth-order valence-electron chi connectivity index (χ4n) is 3.65. The summed E-state index contributed by atoms with van der Waals surface area (Å²) in [6.07, 6.45) is 6.87. The molecule has 0 aromatic rings. The topological polar surface area (TPSA) is 55.1 Å². The average molecular weight is 252 g/mol. The molecule has 3 nitrogen and oxygen atoms in total. The van der Waals surface area contributed by atoms with Gasteiger partial charge in [-0.05, 0) is 56.4 Å². The van der Waals surface area contributed by atoms with Crippen LogP contribution in [0.1, 0.15) is 52.4 Å². The Morgan fingerprint density at radius 3 is 2.61 bits per heavy atom. The first kappa shape index (κ1) is 13.9. The average Bonchev–Trinajstić information content (AvgIpc) is 2.82. The van der Waals surface area contributed by atoms with Gasteiger partial charge >= 0.3 is 0 Å². The van der Waals surface area contributed by atoms with Crippen molar-refractivity contribution < 1.29 is 4.79 Å². The Labute approximate surface area is 111 Å². The summed E-state index contributed by atoms with van der Waals surface area (Å²) in [5, 5.41) is 3.28. The Hall–Kier alpha value is -0.570. The highest BCUT2D eigenvalue weighted by molar-refractivity contribution is 5.79. The monoisotopic (exact) mass is 252 g/mol. The van der Waals surface area contributed by atoms with Crippen LogP contribution in [0.4, 0.5) is 0 Å². The van der Waals surface area contributed by atoms with Gasteiger partial charge in [-0.2, -0.15) is 0 Å². The van der Waals surface area contributed by atoms with E-state index in [1.54, 1.807) is 0 Å². The molecule has 2 saturated carbocycles. The lowest BCUT2D eigenvalue weighted by atomic mass is 9.79. The van der Waals surface area contributed by atoms with E-state index in [9.17, 15) is 4.79 Å². The minimum atomic E-state index is 0.185. The summed E-state index contributed by atoms with van der Waals surface area (Å²) in [7, 11) is 0. The highest BCUT2D eigenvalue weighted by Gasteiger charge is 2.34. The van der Waals surface area contributed by atoms with Crippen molar-refractivity contribution in [3.63, 3.8) is 0 Å². The molecule has 5 unspecified atom stereocenters. The fourth-order valence-corrected chi connectivity index (χ4v) is 3.65. The van der Waals surface area contributed by atoms with Crippen molar-refractivity contribution in [3.05, 3.63) is 0 Å². The van der Waals surface area contributed by atoms with E-state index in [-0.39, 0.29) is 11.8 Å². The van der Waals surface area contributed by atoms with Crippen LogP contribution in [0.5, 0.6) is 0 Å². The highest BCUT2D eigenvalue weighted by Crippen LogP contribution is 2.33. The summed E-state index contributed by atoms with van der Waals surface area (Å²) in [6.45, 7) is 5.29. The molecule has 18 heavy (non-hydrogen) atoms. The third-order valence-corrected chi connectivity index (χ3v) is 5.24. The van der Waals surface area contributed by atoms with Crippen LogP contribution >= 0.6 is 0 Å². The van der Waals surface area contributed by atoms with Crippen molar-refractivity contribution in [2.45, 2.75) is 58.4 Å². The lowest BCUT2D eigenvalue weighted by Crippen LogP contribution is -2.44. The van der Waals surface area contributed by atoms with Gasteiger partial charge in [-0.1, -0.05) is 20.3 Å². The van der Waals surface area contributed by atoms with E-state index in [1.807, 2.05) is 0 Å². The van der Waals surface area contributed by atoms with Crippen molar-refractivity contribution in [1.82, 2.24) is 5.32 Å². The van der Waals surface area contributed by atoms with Gasteiger partial charge in [0.2, 0.25) is 5.91 Å². The highest BCUT2D eigenvalue weighted by atomic mass is 16.2. The van der Waals surface area contributed by atoms with Crippen LogP contribution in [0.25, 0.3) is 0 Å². The zero-order valence-corrected chi connectivity index (χ0v) is 11.8. The number of hydrogen-bond donors (Lipinski definition) is 2. The van der Waals surface area contributed by atoms with E-state index in [4.69, 9.17) is 5.73 Å². The maximum absolute atomic E-state index is 12.3. The van der Waals surface area contributed by atoms with E-state index in [1.165, 1.54) is 6.42 Å². The van der Waals surface area contributed by atoms with Crippen molar-refractivity contribution in [2.24, 2.45) is 29.4 Å². The summed E-state index contributed by atoms with van der Waals surface area (Å²) in [5.74, 6) is 2.42. The van der Waals surface area contributed by atoms with Gasteiger partial charge in [0.15, 0.2) is 0 Å². The maximum atomic E-state index is 12.3. The normalized spacial score (nSPS) is 40.7. The zero-order chi connectivity index (χ0) is 13.1. The summed E-state index contributed by atoms with van der Waals surface area (Å²) in [6, 6.07) is 0.405. The van der Waals surface area contributed by atoms with E-state index >= 15 is 0 Å². The molecule has 5 atom stereocenters. The molecular weight excluding hydrogens is 224 g/mol. The second-order valence-electron chi connectivity index (χ2n) is 6.51. The van der Waals surface area contributed by atoms with E-state index < -0.39 is 0 Å². The van der Waals surface area contributed by atoms with E-state index in [0.29, 0.717) is 18.5 Å². The van der Waals surface area contributed by atoms with Crippen LogP contribution in [0.3, 0.4) is 0 Å². The maximum Gasteiger partial charge on any atom is 0.223 e. The Morgan fingerprint density at radius 1 is 1.17 bits per heavy atom. The zero-order valence-electron chi connectivity index (χ0n) is 11.8. The molecule has 0 saturated heterocycles. The second-order valence-corrected chi connectivity index (χ2v) is 6.51. The minimum absolute atomic E-state index is 0.185. The number of amides is 1. The molecule has 0 aliphatic heterocycles. The Bertz CT molecular complexity index is 292. The second kappa shape index (κ2) is 6.05. The van der Waals surface area contributed by atoms with Crippen molar-refractivity contribution >= 4 is 5.91 Å². The smallest absolute Gasteiger partial charge is 0.223 e. The molecule has 0 bridgehead atoms. The lowest BCUT2D eigenvalue weighted by molar-refractivity contribution is -0.127. The number of nitrogens with one attached hydrogen (secondary N) is 1. The van der Waals surface area contributed by atoms with Crippen molar-refractivity contribution in [1.29, 1.82) is 0 Å². The number of hydrogen-bond acceptors (Lipinski definition) is 2. The molecular formula is C15H28N2O. The molecule has 2 aliphatic rings. The molecule has 3 N–H and O–H groups in total. The first-order valence-electron chi connectivity index (χ1n) is 7.62. The molecule has 2 rings (SSSR count). The largest absolute Gasteiger partial charge is 0.353 e. The minimum Gasteiger partial charge on any atom is -0.353 e. The molecule has 0 heterocycles. The number of carbonyl (C=O) groups is 1. The molecule has 104 valence electrons. The molecule has 2 fully saturated rings. The van der Waals surface area contributed by atoms with Gasteiger partial charge in [-0.3, -0.25) is 4.79 Å². The van der Waals surface area contributed by atoms with E-state index in [0.717, 1.165) is 43.9 Å². The molecule has 2 aliphatic carbocycles. The van der Waals surface area contributed by atoms with Crippen LogP contribution < -0.4 is 11.1 Å². The van der Waals surface area contributed by atoms with Crippen LogP contribution in [0.15, 0.2) is 0 Å². The van der Waals surface area contributed by atoms with Gasteiger partial charge in [0.1, 0.15) is 0 Å². The Morgan fingerprint density at radius 2 is 1.94 bits per heavy atom. The van der Waals surface area contributed by atoms with Gasteiger partial charge in [0, 0.05) is 12.0 Å². The lowest BCUT2D eigenvalue weighted by Gasteiger charge is -2.33. The Kier molecular flexibility index (Phi) is 4.66. The Balaban J connectivity index is 1.84. The van der Waals surface area contributed by atoms with Crippen molar-refractivity contribution in [2.75, 3.05) is 6.54 Å². The predicted molar refractivity (Wildman–Crippen MR) is 74.0 cm³/mol. The van der Waals surface area contributed by atoms with Crippen LogP contribution in [0.2, 0.25) is 0 Å². The fraction of sp³-hybridized carbons (Fsp3) is 0.933. The van der Waals surface area contributed by atoms with Gasteiger partial charge < -0.3 is 11.1 Å². The third-order valence-electron chi connectivity index (χ3n) is 5.24. The number of carbonyl (C=O) groups excluding carboxylic acids is 1. The molecule has 0 spiro atoms. The van der Waals surface area contributed by atoms with E-state index in [2.05, 4.69) is 19.2 Å². The third kappa shape index (κ3) is 3.05.